The lowest BCUT2D eigenvalue weighted by Crippen LogP contribution is -2.52. The minimum atomic E-state index is -0.646. The third-order valence-electron chi connectivity index (χ3n) is 6.57. The maximum Gasteiger partial charge on any atom is 0.243 e. The van der Waals surface area contributed by atoms with Gasteiger partial charge in [0.05, 0.1) is 19.6 Å². The second-order valence-corrected chi connectivity index (χ2v) is 9.70. The van der Waals surface area contributed by atoms with Crippen molar-refractivity contribution < 1.29 is 14.3 Å². The Labute approximate surface area is 224 Å². The minimum absolute atomic E-state index is 0.101. The number of ether oxygens (including phenoxy) is 1. The Morgan fingerprint density at radius 2 is 1.49 bits per heavy atom. The molecule has 3 aromatic carbocycles. The molecule has 1 atom stereocenters. The molecule has 1 aliphatic heterocycles. The third-order valence-corrected chi connectivity index (χ3v) is 6.82. The Bertz CT molecular complexity index is 1120. The monoisotopic (exact) mass is 519 g/mol. The van der Waals surface area contributed by atoms with Crippen molar-refractivity contribution in [1.82, 2.24) is 15.1 Å². The van der Waals surface area contributed by atoms with Crippen LogP contribution >= 0.6 is 11.6 Å². The van der Waals surface area contributed by atoms with Crippen LogP contribution in [0.25, 0.3) is 0 Å². The molecule has 2 amide bonds. The Morgan fingerprint density at radius 3 is 2.14 bits per heavy atom. The summed E-state index contributed by atoms with van der Waals surface area (Å²) in [5, 5.41) is 3.73. The molecule has 1 aliphatic rings. The van der Waals surface area contributed by atoms with Crippen molar-refractivity contribution in [3.63, 3.8) is 0 Å². The van der Waals surface area contributed by atoms with E-state index in [2.05, 4.69) is 10.2 Å². The fraction of sp³-hybridized carbons (Fsp3) is 0.333. The van der Waals surface area contributed by atoms with Gasteiger partial charge >= 0.3 is 0 Å². The highest BCUT2D eigenvalue weighted by Gasteiger charge is 2.30. The first-order chi connectivity index (χ1) is 18.1. The molecule has 7 heteroatoms. The van der Waals surface area contributed by atoms with Gasteiger partial charge in [-0.05, 0) is 28.8 Å². The summed E-state index contributed by atoms with van der Waals surface area (Å²) < 4.78 is 5.42. The molecule has 1 heterocycles. The number of amides is 2. The van der Waals surface area contributed by atoms with Gasteiger partial charge in [-0.25, -0.2) is 0 Å². The molecule has 194 valence electrons. The molecule has 0 saturated carbocycles. The van der Waals surface area contributed by atoms with Crippen molar-refractivity contribution in [1.29, 1.82) is 0 Å². The van der Waals surface area contributed by atoms with Crippen molar-refractivity contribution in [3.05, 3.63) is 107 Å². The molecule has 1 fully saturated rings. The summed E-state index contributed by atoms with van der Waals surface area (Å²) in [6, 6.07) is 26.3. The summed E-state index contributed by atoms with van der Waals surface area (Å²) >= 11 is 6.05. The van der Waals surface area contributed by atoms with Crippen LogP contribution < -0.4 is 5.32 Å². The van der Waals surface area contributed by atoms with Crippen LogP contribution in [0.2, 0.25) is 5.02 Å². The molecular formula is C30H34ClN3O3. The van der Waals surface area contributed by atoms with Crippen molar-refractivity contribution in [2.75, 3.05) is 39.4 Å². The van der Waals surface area contributed by atoms with Crippen LogP contribution in [0, 0.1) is 0 Å². The third kappa shape index (κ3) is 8.42. The maximum atomic E-state index is 13.7. The van der Waals surface area contributed by atoms with E-state index < -0.39 is 6.04 Å². The molecule has 3 aromatic rings. The summed E-state index contributed by atoms with van der Waals surface area (Å²) in [4.78, 5) is 31.4. The fourth-order valence-corrected chi connectivity index (χ4v) is 4.62. The average Bonchev–Trinajstić information content (AvgIpc) is 2.93. The first-order valence-electron chi connectivity index (χ1n) is 12.8. The van der Waals surface area contributed by atoms with E-state index >= 15 is 0 Å². The number of carbonyl (C=O) groups is 2. The SMILES string of the molecule is O=C(NCCN1CCOCC1)[C@H](Cc1ccccc1)N(Cc1ccccc1)C(=O)Cc1ccc(Cl)cc1. The summed E-state index contributed by atoms with van der Waals surface area (Å²) in [7, 11) is 0. The van der Waals surface area contributed by atoms with Gasteiger partial charge in [-0.3, -0.25) is 14.5 Å². The Kier molecular flexibility index (Phi) is 10.1. The van der Waals surface area contributed by atoms with Crippen molar-refractivity contribution >= 4 is 23.4 Å². The second kappa shape index (κ2) is 13.9. The normalized spacial score (nSPS) is 14.6. The predicted octanol–water partition coefficient (Wildman–Crippen LogP) is 3.97. The summed E-state index contributed by atoms with van der Waals surface area (Å²) in [5.41, 5.74) is 2.85. The van der Waals surface area contributed by atoms with Crippen LogP contribution in [0.3, 0.4) is 0 Å². The smallest absolute Gasteiger partial charge is 0.243 e. The maximum absolute atomic E-state index is 13.7. The first-order valence-corrected chi connectivity index (χ1v) is 13.2. The Hall–Kier alpha value is -3.19. The lowest BCUT2D eigenvalue weighted by atomic mass is 10.0. The zero-order chi connectivity index (χ0) is 25.9. The summed E-state index contributed by atoms with van der Waals surface area (Å²) in [6.07, 6.45) is 0.625. The molecule has 37 heavy (non-hydrogen) atoms. The van der Waals surface area contributed by atoms with Gasteiger partial charge in [-0.15, -0.1) is 0 Å². The van der Waals surface area contributed by atoms with Crippen LogP contribution in [0.4, 0.5) is 0 Å². The van der Waals surface area contributed by atoms with E-state index in [1.807, 2.05) is 72.8 Å². The molecule has 4 rings (SSSR count). The van der Waals surface area contributed by atoms with Gasteiger partial charge in [0.15, 0.2) is 0 Å². The van der Waals surface area contributed by atoms with Gasteiger partial charge in [-0.2, -0.15) is 0 Å². The lowest BCUT2D eigenvalue weighted by Gasteiger charge is -2.32. The van der Waals surface area contributed by atoms with Gasteiger partial charge in [0.25, 0.3) is 0 Å². The molecule has 0 radical (unpaired) electrons. The van der Waals surface area contributed by atoms with Gasteiger partial charge < -0.3 is 15.0 Å². The quantitative estimate of drug-likeness (QED) is 0.416. The van der Waals surface area contributed by atoms with E-state index in [1.165, 1.54) is 0 Å². The first kappa shape index (κ1) is 26.9. The highest BCUT2D eigenvalue weighted by Crippen LogP contribution is 2.17. The number of hydrogen-bond acceptors (Lipinski definition) is 4. The van der Waals surface area contributed by atoms with Gasteiger partial charge in [-0.1, -0.05) is 84.4 Å². The summed E-state index contributed by atoms with van der Waals surface area (Å²) in [5.74, 6) is -0.243. The van der Waals surface area contributed by atoms with Gasteiger partial charge in [0.1, 0.15) is 6.04 Å². The van der Waals surface area contributed by atoms with E-state index in [0.717, 1.165) is 36.3 Å². The van der Waals surface area contributed by atoms with Crippen LogP contribution in [-0.2, 0) is 33.7 Å². The number of carbonyl (C=O) groups excluding carboxylic acids is 2. The molecule has 0 spiro atoms. The van der Waals surface area contributed by atoms with Crippen molar-refractivity contribution in [2.24, 2.45) is 0 Å². The van der Waals surface area contributed by atoms with Crippen molar-refractivity contribution in [3.8, 4) is 0 Å². The number of benzene rings is 3. The van der Waals surface area contributed by atoms with Crippen LogP contribution in [-0.4, -0.2) is 67.0 Å². The lowest BCUT2D eigenvalue weighted by molar-refractivity contribution is -0.140. The van der Waals surface area contributed by atoms with Crippen LogP contribution in [0.5, 0.6) is 0 Å². The highest BCUT2D eigenvalue weighted by atomic mass is 35.5. The number of rotatable bonds is 11. The van der Waals surface area contributed by atoms with E-state index in [4.69, 9.17) is 16.3 Å². The molecule has 0 aromatic heterocycles. The number of nitrogens with one attached hydrogen (secondary N) is 1. The fourth-order valence-electron chi connectivity index (χ4n) is 4.49. The number of halogens is 1. The molecule has 1 N–H and O–H groups in total. The topological polar surface area (TPSA) is 61.9 Å². The van der Waals surface area contributed by atoms with E-state index in [9.17, 15) is 9.59 Å². The zero-order valence-electron chi connectivity index (χ0n) is 21.0. The number of nitrogens with zero attached hydrogens (tertiary/aromatic N) is 2. The van der Waals surface area contributed by atoms with Crippen molar-refractivity contribution in [2.45, 2.75) is 25.4 Å². The standard InChI is InChI=1S/C30H34ClN3O3/c31-27-13-11-25(12-14-27)22-29(35)34(23-26-9-5-2-6-10-26)28(21-24-7-3-1-4-8-24)30(36)32-15-16-33-17-19-37-20-18-33/h1-14,28H,15-23H2,(H,32,36)/t28-/m0/s1. The molecule has 0 unspecified atom stereocenters. The molecule has 0 bridgehead atoms. The second-order valence-electron chi connectivity index (χ2n) is 9.26. The Morgan fingerprint density at radius 1 is 0.865 bits per heavy atom. The number of hydrogen-bond donors (Lipinski definition) is 1. The van der Waals surface area contributed by atoms with E-state index in [1.54, 1.807) is 17.0 Å². The van der Waals surface area contributed by atoms with E-state index in [0.29, 0.717) is 37.7 Å². The molecular weight excluding hydrogens is 486 g/mol. The van der Waals surface area contributed by atoms with Gasteiger partial charge in [0, 0.05) is 44.2 Å². The predicted molar refractivity (Wildman–Crippen MR) is 146 cm³/mol. The molecule has 6 nitrogen and oxygen atoms in total. The van der Waals surface area contributed by atoms with Crippen LogP contribution in [0.15, 0.2) is 84.9 Å². The van der Waals surface area contributed by atoms with E-state index in [-0.39, 0.29) is 18.2 Å². The molecule has 0 aliphatic carbocycles. The average molecular weight is 520 g/mol. The number of morpholine rings is 1. The minimum Gasteiger partial charge on any atom is -0.379 e. The summed E-state index contributed by atoms with van der Waals surface area (Å²) in [6.45, 7) is 4.79. The largest absolute Gasteiger partial charge is 0.379 e. The Balaban J connectivity index is 1.55. The van der Waals surface area contributed by atoms with Crippen LogP contribution in [0.1, 0.15) is 16.7 Å². The van der Waals surface area contributed by atoms with Gasteiger partial charge in [0.2, 0.25) is 11.8 Å². The molecule has 1 saturated heterocycles. The zero-order valence-corrected chi connectivity index (χ0v) is 21.8. The highest BCUT2D eigenvalue weighted by molar-refractivity contribution is 6.30.